The molecule has 1 aliphatic rings. The highest BCUT2D eigenvalue weighted by Crippen LogP contribution is 2.04. The Morgan fingerprint density at radius 3 is 2.71 bits per heavy atom. The lowest BCUT2D eigenvalue weighted by molar-refractivity contribution is -0.138. The molecular formula is C10H16N2O5. The molecule has 1 fully saturated rings. The number of carboxylic acids is 1. The summed E-state index contributed by atoms with van der Waals surface area (Å²) < 4.78 is 5.26. The zero-order valence-electron chi connectivity index (χ0n) is 9.64. The molecule has 0 aromatic carbocycles. The van der Waals surface area contributed by atoms with Crippen molar-refractivity contribution in [3.63, 3.8) is 0 Å². The molecule has 1 atom stereocenters. The van der Waals surface area contributed by atoms with Crippen molar-refractivity contribution < 1.29 is 24.2 Å². The van der Waals surface area contributed by atoms with Crippen LogP contribution in [0.15, 0.2) is 0 Å². The largest absolute Gasteiger partial charge is 0.481 e. The van der Waals surface area contributed by atoms with E-state index in [0.29, 0.717) is 19.7 Å². The van der Waals surface area contributed by atoms with Crippen molar-refractivity contribution >= 4 is 17.9 Å². The summed E-state index contributed by atoms with van der Waals surface area (Å²) in [5, 5.41) is 10.5. The first-order valence-electron chi connectivity index (χ1n) is 5.41. The zero-order chi connectivity index (χ0) is 12.8. The molecule has 0 aliphatic carbocycles. The Morgan fingerprint density at radius 2 is 2.12 bits per heavy atom. The van der Waals surface area contributed by atoms with Crippen molar-refractivity contribution in [2.45, 2.75) is 25.9 Å². The number of amides is 3. The van der Waals surface area contributed by atoms with Crippen LogP contribution in [0.2, 0.25) is 0 Å². The molecule has 1 heterocycles. The van der Waals surface area contributed by atoms with Crippen LogP contribution in [0.25, 0.3) is 0 Å². The first kappa shape index (κ1) is 13.4. The summed E-state index contributed by atoms with van der Waals surface area (Å²) in [5.74, 6) is -1.64. The molecule has 1 unspecified atom stereocenters. The van der Waals surface area contributed by atoms with Crippen molar-refractivity contribution in [2.75, 3.05) is 19.7 Å². The molecule has 3 amide bonds. The summed E-state index contributed by atoms with van der Waals surface area (Å²) >= 11 is 0. The summed E-state index contributed by atoms with van der Waals surface area (Å²) in [4.78, 5) is 34.5. The van der Waals surface area contributed by atoms with E-state index in [1.165, 1.54) is 4.90 Å². The van der Waals surface area contributed by atoms with E-state index in [2.05, 4.69) is 5.32 Å². The highest BCUT2D eigenvalue weighted by atomic mass is 16.5. The van der Waals surface area contributed by atoms with Crippen LogP contribution in [0.1, 0.15) is 19.8 Å². The normalized spacial score (nSPS) is 19.8. The van der Waals surface area contributed by atoms with Gasteiger partial charge in [0.1, 0.15) is 0 Å². The molecule has 1 saturated heterocycles. The van der Waals surface area contributed by atoms with Crippen molar-refractivity contribution in [1.82, 2.24) is 10.2 Å². The Hall–Kier alpha value is -1.63. The Balaban J connectivity index is 2.32. The fourth-order valence-corrected chi connectivity index (χ4v) is 1.48. The van der Waals surface area contributed by atoms with E-state index in [1.54, 1.807) is 0 Å². The van der Waals surface area contributed by atoms with Crippen LogP contribution in [0.4, 0.5) is 4.79 Å². The molecule has 1 rings (SSSR count). The standard InChI is InChI=1S/C10H16N2O5/c1-7-6-12(4-5-17-7)10(16)11-8(13)2-3-9(14)15/h7H,2-6H2,1H3,(H,14,15)(H,11,13,16). The van der Waals surface area contributed by atoms with E-state index in [1.807, 2.05) is 6.92 Å². The number of rotatable bonds is 3. The third kappa shape index (κ3) is 4.81. The third-order valence-corrected chi connectivity index (χ3v) is 2.34. The van der Waals surface area contributed by atoms with E-state index in [-0.39, 0.29) is 18.9 Å². The second-order valence-electron chi connectivity index (χ2n) is 3.87. The highest BCUT2D eigenvalue weighted by Gasteiger charge is 2.22. The van der Waals surface area contributed by atoms with Crippen LogP contribution in [0.3, 0.4) is 0 Å². The smallest absolute Gasteiger partial charge is 0.324 e. The number of morpholine rings is 1. The lowest BCUT2D eigenvalue weighted by Crippen LogP contribution is -2.50. The predicted molar refractivity (Wildman–Crippen MR) is 57.4 cm³/mol. The number of hydrogen-bond donors (Lipinski definition) is 2. The maximum Gasteiger partial charge on any atom is 0.324 e. The van der Waals surface area contributed by atoms with Gasteiger partial charge >= 0.3 is 12.0 Å². The second kappa shape index (κ2) is 6.19. The van der Waals surface area contributed by atoms with Crippen molar-refractivity contribution in [3.8, 4) is 0 Å². The highest BCUT2D eigenvalue weighted by molar-refractivity contribution is 5.95. The predicted octanol–water partition coefficient (Wildman–Crippen LogP) is -0.192. The Kier molecular flexibility index (Phi) is 4.89. The number of urea groups is 1. The first-order valence-corrected chi connectivity index (χ1v) is 5.41. The Labute approximate surface area is 98.7 Å². The van der Waals surface area contributed by atoms with Gasteiger partial charge in [0.25, 0.3) is 0 Å². The summed E-state index contributed by atoms with van der Waals surface area (Å²) in [7, 11) is 0. The van der Waals surface area contributed by atoms with Crippen LogP contribution >= 0.6 is 0 Å². The van der Waals surface area contributed by atoms with Crippen molar-refractivity contribution in [1.29, 1.82) is 0 Å². The van der Waals surface area contributed by atoms with Gasteiger partial charge in [-0.15, -0.1) is 0 Å². The van der Waals surface area contributed by atoms with Crippen LogP contribution in [0, 0.1) is 0 Å². The SMILES string of the molecule is CC1CN(C(=O)NC(=O)CCC(=O)O)CCO1. The number of aliphatic carboxylic acids is 1. The van der Waals surface area contributed by atoms with E-state index in [4.69, 9.17) is 9.84 Å². The van der Waals surface area contributed by atoms with Crippen LogP contribution in [0.5, 0.6) is 0 Å². The monoisotopic (exact) mass is 244 g/mol. The molecule has 7 nitrogen and oxygen atoms in total. The lowest BCUT2D eigenvalue weighted by atomic mass is 10.3. The van der Waals surface area contributed by atoms with Crippen molar-refractivity contribution in [2.24, 2.45) is 0 Å². The van der Waals surface area contributed by atoms with Gasteiger partial charge in [0.05, 0.1) is 19.1 Å². The van der Waals surface area contributed by atoms with Gasteiger partial charge in [-0.05, 0) is 6.92 Å². The van der Waals surface area contributed by atoms with Gasteiger partial charge in [-0.3, -0.25) is 14.9 Å². The summed E-state index contributed by atoms with van der Waals surface area (Å²) in [6.07, 6.45) is -0.525. The molecule has 0 spiro atoms. The first-order chi connectivity index (χ1) is 7.99. The van der Waals surface area contributed by atoms with E-state index >= 15 is 0 Å². The number of carboxylic acid groups (broad SMARTS) is 1. The van der Waals surface area contributed by atoms with Crippen LogP contribution in [-0.4, -0.2) is 53.7 Å². The molecule has 0 radical (unpaired) electrons. The molecule has 0 saturated carbocycles. The molecule has 96 valence electrons. The minimum Gasteiger partial charge on any atom is -0.481 e. The molecule has 17 heavy (non-hydrogen) atoms. The van der Waals surface area contributed by atoms with Crippen LogP contribution in [-0.2, 0) is 14.3 Å². The van der Waals surface area contributed by atoms with Gasteiger partial charge in [0, 0.05) is 19.5 Å². The quantitative estimate of drug-likeness (QED) is 0.717. The van der Waals surface area contributed by atoms with Gasteiger partial charge < -0.3 is 14.7 Å². The van der Waals surface area contributed by atoms with E-state index < -0.39 is 17.9 Å². The zero-order valence-corrected chi connectivity index (χ0v) is 9.64. The maximum atomic E-state index is 11.6. The second-order valence-corrected chi connectivity index (χ2v) is 3.87. The number of carbonyl (C=O) groups is 3. The number of carbonyl (C=O) groups excluding carboxylic acids is 2. The van der Waals surface area contributed by atoms with Crippen LogP contribution < -0.4 is 5.32 Å². The number of hydrogen-bond acceptors (Lipinski definition) is 4. The van der Waals surface area contributed by atoms with Gasteiger partial charge in [-0.2, -0.15) is 0 Å². The van der Waals surface area contributed by atoms with Gasteiger partial charge in [0.15, 0.2) is 0 Å². The number of nitrogens with one attached hydrogen (secondary N) is 1. The molecule has 0 bridgehead atoms. The average molecular weight is 244 g/mol. The average Bonchev–Trinajstić information content (AvgIpc) is 2.26. The van der Waals surface area contributed by atoms with Gasteiger partial charge in [-0.1, -0.05) is 0 Å². The summed E-state index contributed by atoms with van der Waals surface area (Å²) in [6, 6.07) is -0.490. The number of ether oxygens (including phenoxy) is 1. The minimum absolute atomic E-state index is 0.0522. The fourth-order valence-electron chi connectivity index (χ4n) is 1.48. The summed E-state index contributed by atoms with van der Waals surface area (Å²) in [5.41, 5.74) is 0. The van der Waals surface area contributed by atoms with Gasteiger partial charge in [0.2, 0.25) is 5.91 Å². The fraction of sp³-hybridized carbons (Fsp3) is 0.700. The third-order valence-electron chi connectivity index (χ3n) is 2.34. The summed E-state index contributed by atoms with van der Waals surface area (Å²) in [6.45, 7) is 3.14. The molecule has 0 aromatic heterocycles. The number of imide groups is 1. The molecule has 0 aromatic rings. The van der Waals surface area contributed by atoms with Gasteiger partial charge in [-0.25, -0.2) is 4.79 Å². The number of nitrogens with zero attached hydrogens (tertiary/aromatic N) is 1. The minimum atomic E-state index is -1.06. The Morgan fingerprint density at radius 1 is 1.41 bits per heavy atom. The van der Waals surface area contributed by atoms with Crippen molar-refractivity contribution in [3.05, 3.63) is 0 Å². The maximum absolute atomic E-state index is 11.6. The molecule has 7 heteroatoms. The van der Waals surface area contributed by atoms with E-state index in [0.717, 1.165) is 0 Å². The molecule has 2 N–H and O–H groups in total. The Bertz CT molecular complexity index is 318. The lowest BCUT2D eigenvalue weighted by Gasteiger charge is -2.30. The molecular weight excluding hydrogens is 228 g/mol. The topological polar surface area (TPSA) is 95.9 Å². The molecule has 1 aliphatic heterocycles. The van der Waals surface area contributed by atoms with E-state index in [9.17, 15) is 14.4 Å².